The van der Waals surface area contributed by atoms with Crippen molar-refractivity contribution >= 4 is 83.4 Å². The number of H-pyrrole nitrogens is 1. The van der Waals surface area contributed by atoms with Gasteiger partial charge in [-0.15, -0.1) is 0 Å². The van der Waals surface area contributed by atoms with Crippen molar-refractivity contribution in [1.82, 2.24) is 47.1 Å². The number of hydrogen-bond donors (Lipinski definition) is 12. The second-order valence-electron chi connectivity index (χ2n) is 23.3. The number of alkyl halides is 6. The van der Waals surface area contributed by atoms with Gasteiger partial charge in [-0.05, 0) is 118 Å². The number of nitrogens with two attached hydrogens (primary N) is 1. The van der Waals surface area contributed by atoms with E-state index in [4.69, 9.17) is 18.4 Å². The molecule has 27 heteroatoms. The van der Waals surface area contributed by atoms with Gasteiger partial charge in [0.15, 0.2) is 0 Å². The van der Waals surface area contributed by atoms with Crippen LogP contribution in [-0.2, 0) is 76.5 Å². The van der Waals surface area contributed by atoms with Crippen LogP contribution in [-0.4, -0.2) is 127 Å². The van der Waals surface area contributed by atoms with E-state index < -0.39 is 141 Å². The number of fused-ring (bicyclic) bond motifs is 1. The van der Waals surface area contributed by atoms with Crippen LogP contribution in [0.25, 0.3) is 10.9 Å². The van der Waals surface area contributed by atoms with Crippen LogP contribution in [0.3, 0.4) is 0 Å². The first-order chi connectivity index (χ1) is 41.1. The lowest BCUT2D eigenvalue weighted by Gasteiger charge is -2.36. The summed E-state index contributed by atoms with van der Waals surface area (Å²) < 4.78 is 80.0. The van der Waals surface area contributed by atoms with Crippen LogP contribution in [0.5, 0.6) is 5.75 Å². The summed E-state index contributed by atoms with van der Waals surface area (Å²) in [5.74, 6) is -6.76. The van der Waals surface area contributed by atoms with Gasteiger partial charge in [0.2, 0.25) is 47.3 Å². The van der Waals surface area contributed by atoms with Crippen molar-refractivity contribution in [3.05, 3.63) is 137 Å². The van der Waals surface area contributed by atoms with E-state index in [2.05, 4.69) is 54.8 Å². The maximum Gasteiger partial charge on any atom is 0.416 e. The number of phenols is 1. The molecule has 7 atom stereocenters. The highest BCUT2D eigenvalue weighted by atomic mass is 32.1. The zero-order chi connectivity index (χ0) is 65.1. The quantitative estimate of drug-likeness (QED) is 0.0241. The number of amides is 8. The number of halogens is 6. The molecule has 2 heterocycles. The van der Waals surface area contributed by atoms with Crippen LogP contribution in [0.4, 0.5) is 26.3 Å². The Morgan fingerprint density at radius 2 is 1.20 bits per heavy atom. The third-order valence-corrected chi connectivity index (χ3v) is 15.1. The van der Waals surface area contributed by atoms with Gasteiger partial charge in [0.25, 0.3) is 0 Å². The third kappa shape index (κ3) is 19.6. The van der Waals surface area contributed by atoms with E-state index in [-0.39, 0.29) is 56.4 Å². The highest BCUT2D eigenvalue weighted by Gasteiger charge is 2.45. The molecule has 1 aliphatic rings. The van der Waals surface area contributed by atoms with E-state index in [0.29, 0.717) is 46.1 Å². The molecule has 0 saturated carbocycles. The van der Waals surface area contributed by atoms with Gasteiger partial charge in [-0.3, -0.25) is 38.4 Å². The molecular formula is C61H74F6N10O9S2. The number of nitrogens with one attached hydrogen (secondary N) is 8. The van der Waals surface area contributed by atoms with Gasteiger partial charge in [-0.25, -0.2) is 0 Å². The summed E-state index contributed by atoms with van der Waals surface area (Å²) in [6.45, 7) is 8.29. The molecule has 6 rings (SSSR count). The van der Waals surface area contributed by atoms with Crippen LogP contribution in [0.15, 0.2) is 103 Å². The Morgan fingerprint density at radius 1 is 0.636 bits per heavy atom. The fourth-order valence-corrected chi connectivity index (χ4v) is 10.4. The minimum Gasteiger partial charge on any atom is -0.508 e. The second kappa shape index (κ2) is 29.5. The average molecular weight is 1270 g/mol. The number of para-hydroxylation sites is 1. The predicted octanol–water partition coefficient (Wildman–Crippen LogP) is 5.58. The minimum absolute atomic E-state index is 0.00722. The van der Waals surface area contributed by atoms with E-state index >= 15 is 0 Å². The molecule has 476 valence electrons. The fourth-order valence-electron chi connectivity index (χ4n) is 10.0. The van der Waals surface area contributed by atoms with Crippen molar-refractivity contribution in [3.63, 3.8) is 0 Å². The number of carbonyl (C=O) groups is 8. The Bertz CT molecular complexity index is 3270. The summed E-state index contributed by atoms with van der Waals surface area (Å²) in [4.78, 5) is 117. The van der Waals surface area contributed by atoms with Crippen LogP contribution in [0, 0.1) is 5.92 Å². The largest absolute Gasteiger partial charge is 0.508 e. The number of hydrogen-bond acceptors (Lipinski definition) is 12. The molecule has 5 aromatic rings. The maximum atomic E-state index is 14.8. The summed E-state index contributed by atoms with van der Waals surface area (Å²) in [6, 6.07) is 13.2. The third-order valence-electron chi connectivity index (χ3n) is 14.6. The molecule has 88 heavy (non-hydrogen) atoms. The van der Waals surface area contributed by atoms with Gasteiger partial charge >= 0.3 is 12.4 Å². The zero-order valence-electron chi connectivity index (χ0n) is 49.2. The average Bonchev–Trinajstić information content (AvgIpc) is 4.28. The van der Waals surface area contributed by atoms with E-state index in [1.807, 2.05) is 0 Å². The van der Waals surface area contributed by atoms with E-state index in [1.165, 1.54) is 17.0 Å². The molecule has 1 fully saturated rings. The summed E-state index contributed by atoms with van der Waals surface area (Å²) >= 11 is 9.21. The number of nitrogens with zero attached hydrogens (tertiary/aromatic N) is 1. The summed E-state index contributed by atoms with van der Waals surface area (Å²) in [7, 11) is 0. The molecule has 0 aliphatic carbocycles. The van der Waals surface area contributed by atoms with Gasteiger partial charge in [-0.2, -0.15) is 51.6 Å². The summed E-state index contributed by atoms with van der Waals surface area (Å²) in [6.07, 6.45) is -8.57. The Hall–Kier alpha value is -7.78. The monoisotopic (exact) mass is 1270 g/mol. The Kier molecular flexibility index (Phi) is 23.2. The van der Waals surface area contributed by atoms with Crippen molar-refractivity contribution < 1.29 is 69.8 Å². The molecular weight excluding hydrogens is 1190 g/mol. The molecule has 0 unspecified atom stereocenters. The first kappa shape index (κ1) is 69.3. The van der Waals surface area contributed by atoms with Gasteiger partial charge in [0.05, 0.1) is 23.7 Å². The number of aromatic amines is 1. The number of benzene rings is 4. The van der Waals surface area contributed by atoms with Crippen molar-refractivity contribution in [2.75, 3.05) is 13.1 Å². The van der Waals surface area contributed by atoms with Crippen LogP contribution in [0.1, 0.15) is 94.2 Å². The minimum atomic E-state index is -5.15. The first-order valence-electron chi connectivity index (χ1n) is 28.3. The number of aromatic hydroxyl groups is 1. The topological polar surface area (TPSA) is 286 Å². The number of phenolic OH excluding ortho intramolecular Hbond substituents is 1. The molecule has 1 aliphatic heterocycles. The van der Waals surface area contributed by atoms with Crippen molar-refractivity contribution in [2.45, 2.75) is 151 Å². The van der Waals surface area contributed by atoms with Crippen molar-refractivity contribution in [3.8, 4) is 5.75 Å². The van der Waals surface area contributed by atoms with Gasteiger partial charge in [0, 0.05) is 52.5 Å². The van der Waals surface area contributed by atoms with Gasteiger partial charge in [-0.1, -0.05) is 74.5 Å². The van der Waals surface area contributed by atoms with Crippen molar-refractivity contribution in [1.29, 1.82) is 0 Å². The molecule has 0 spiro atoms. The molecule has 0 bridgehead atoms. The standard InChI is InChI=1S/C61H74F6N10O9S2/c1-33(2)23-44(53(82)73-46(28-37-31-69-43-16-11-10-15-41(37)43)52(81)70-30-36-24-38(60(62,63)64)29-39(25-36)61(65,66)67)74-55(84)47-17-12-22-77(47)57(86)50(59(5,6)88)76-54(83)45(27-34-13-8-7-9-14-34)72-48(79)32-71-56(85)49(58(3,4)87)75-51(80)42(68)26-35-18-20-40(78)21-19-35/h7-11,13-16,18-21,24-25,29,31,33,42,44-47,49-50,69,78,87-88H,12,17,22-23,26-28,30,32,68H2,1-6H3,(H,70,81)(H,71,85)(H,72,79)(H,73,82)(H,74,84)(H,75,80)(H,76,83)/t42-,44-,45-,46-,47-,49-,50-/m0/s1. The lowest BCUT2D eigenvalue weighted by atomic mass is 9.98. The van der Waals surface area contributed by atoms with E-state index in [1.54, 1.807) is 114 Å². The Balaban J connectivity index is 1.16. The fraction of sp³-hybridized carbons (Fsp3) is 0.443. The summed E-state index contributed by atoms with van der Waals surface area (Å²) in [5.41, 5.74) is 4.90. The highest BCUT2D eigenvalue weighted by molar-refractivity contribution is 7.82. The molecule has 4 aromatic carbocycles. The Labute approximate surface area is 516 Å². The SMILES string of the molecule is CC(C)C[C@H](NC(=O)[C@@H]1CCCN1C(=O)[C@H](NC(=O)[C@H](Cc1ccccc1)NC(=O)CNC(=O)[C@H](NC(=O)[C@@H](N)Cc1ccc(O)cc1)C(C)(C)S)C(C)(C)S)C(=O)N[C@@H](Cc1c[nH]c2ccccc12)C(=O)NCc1cc(C(F)(F)F)cc(C(F)(F)F)c1. The molecule has 8 amide bonds. The predicted molar refractivity (Wildman–Crippen MR) is 323 cm³/mol. The molecule has 1 saturated heterocycles. The number of thiol groups is 2. The molecule has 19 nitrogen and oxygen atoms in total. The molecule has 11 N–H and O–H groups in total. The number of likely N-dealkylation sites (tertiary alicyclic amines) is 1. The smallest absolute Gasteiger partial charge is 0.416 e. The van der Waals surface area contributed by atoms with E-state index in [9.17, 15) is 69.8 Å². The maximum absolute atomic E-state index is 14.8. The van der Waals surface area contributed by atoms with Crippen molar-refractivity contribution in [2.24, 2.45) is 11.7 Å². The number of carbonyl (C=O) groups excluding carboxylic acids is 8. The second-order valence-corrected chi connectivity index (χ2v) is 25.6. The normalized spacial score (nSPS) is 15.9. The Morgan fingerprint density at radius 3 is 1.81 bits per heavy atom. The summed E-state index contributed by atoms with van der Waals surface area (Å²) in [5, 5.41) is 28.5. The lowest BCUT2D eigenvalue weighted by Crippen LogP contribution is -2.63. The number of rotatable bonds is 26. The number of aromatic nitrogens is 1. The first-order valence-corrected chi connectivity index (χ1v) is 29.2. The van der Waals surface area contributed by atoms with Crippen LogP contribution < -0.4 is 43.0 Å². The molecule has 1 aromatic heterocycles. The van der Waals surface area contributed by atoms with Gasteiger partial charge < -0.3 is 57.9 Å². The molecule has 0 radical (unpaired) electrons. The van der Waals surface area contributed by atoms with Gasteiger partial charge in [0.1, 0.15) is 42.0 Å². The zero-order valence-corrected chi connectivity index (χ0v) is 51.0. The highest BCUT2D eigenvalue weighted by Crippen LogP contribution is 2.37. The van der Waals surface area contributed by atoms with Crippen LogP contribution >= 0.6 is 25.3 Å². The van der Waals surface area contributed by atoms with E-state index in [0.717, 1.165) is 0 Å². The lowest BCUT2D eigenvalue weighted by molar-refractivity contribution is -0.143. The van der Waals surface area contributed by atoms with Crippen LogP contribution in [0.2, 0.25) is 0 Å².